The molecule has 0 saturated heterocycles. The lowest BCUT2D eigenvalue weighted by atomic mass is 10.0. The third-order valence-corrected chi connectivity index (χ3v) is 3.98. The SMILES string of the molecule is Cc1ccc(F)cc1CC(O)c1ccc(Cl)s1. The van der Waals surface area contributed by atoms with Crippen molar-refractivity contribution in [3.8, 4) is 0 Å². The summed E-state index contributed by atoms with van der Waals surface area (Å²) in [7, 11) is 0. The van der Waals surface area contributed by atoms with Crippen LogP contribution in [0.2, 0.25) is 4.34 Å². The Kier molecular flexibility index (Phi) is 3.82. The van der Waals surface area contributed by atoms with E-state index in [-0.39, 0.29) is 5.82 Å². The van der Waals surface area contributed by atoms with E-state index in [1.54, 1.807) is 18.2 Å². The van der Waals surface area contributed by atoms with Crippen LogP contribution < -0.4 is 0 Å². The number of hydrogen-bond donors (Lipinski definition) is 1. The monoisotopic (exact) mass is 270 g/mol. The number of hydrogen-bond acceptors (Lipinski definition) is 2. The van der Waals surface area contributed by atoms with E-state index in [9.17, 15) is 9.50 Å². The van der Waals surface area contributed by atoms with Gasteiger partial charge < -0.3 is 5.11 Å². The number of aliphatic hydroxyl groups excluding tert-OH is 1. The summed E-state index contributed by atoms with van der Waals surface area (Å²) in [6.07, 6.45) is -0.228. The molecular formula is C13H12ClFOS. The molecule has 0 saturated carbocycles. The van der Waals surface area contributed by atoms with Gasteiger partial charge in [0.05, 0.1) is 10.4 Å². The number of benzene rings is 1. The Morgan fingerprint density at radius 1 is 1.35 bits per heavy atom. The largest absolute Gasteiger partial charge is 0.387 e. The first kappa shape index (κ1) is 12.6. The minimum atomic E-state index is -0.631. The number of aliphatic hydroxyl groups is 1. The Hall–Kier alpha value is -0.900. The van der Waals surface area contributed by atoms with E-state index in [1.807, 2.05) is 6.92 Å². The molecule has 1 unspecified atom stereocenters. The van der Waals surface area contributed by atoms with Crippen molar-refractivity contribution < 1.29 is 9.50 Å². The summed E-state index contributed by atoms with van der Waals surface area (Å²) in [6, 6.07) is 8.16. The molecule has 1 heterocycles. The van der Waals surface area contributed by atoms with Crippen LogP contribution in [0, 0.1) is 12.7 Å². The number of aryl methyl sites for hydroxylation is 1. The van der Waals surface area contributed by atoms with E-state index in [2.05, 4.69) is 0 Å². The molecule has 4 heteroatoms. The second-order valence-corrected chi connectivity index (χ2v) is 5.68. The fourth-order valence-electron chi connectivity index (χ4n) is 1.68. The zero-order chi connectivity index (χ0) is 12.4. The van der Waals surface area contributed by atoms with Crippen LogP contribution in [0.15, 0.2) is 30.3 Å². The van der Waals surface area contributed by atoms with E-state index in [0.29, 0.717) is 10.8 Å². The van der Waals surface area contributed by atoms with E-state index in [0.717, 1.165) is 16.0 Å². The van der Waals surface area contributed by atoms with E-state index < -0.39 is 6.10 Å². The van der Waals surface area contributed by atoms with Crippen molar-refractivity contribution in [3.63, 3.8) is 0 Å². The van der Waals surface area contributed by atoms with Gasteiger partial charge in [0, 0.05) is 11.3 Å². The summed E-state index contributed by atoms with van der Waals surface area (Å²) in [6.45, 7) is 1.91. The molecule has 0 aliphatic heterocycles. The van der Waals surface area contributed by atoms with Crippen LogP contribution in [0.1, 0.15) is 22.1 Å². The minimum absolute atomic E-state index is 0.276. The van der Waals surface area contributed by atoms with Crippen LogP contribution in [0.3, 0.4) is 0 Å². The molecule has 0 radical (unpaired) electrons. The molecule has 0 amide bonds. The first-order valence-electron chi connectivity index (χ1n) is 5.24. The third-order valence-electron chi connectivity index (χ3n) is 2.65. The van der Waals surface area contributed by atoms with Crippen molar-refractivity contribution in [3.05, 3.63) is 56.5 Å². The first-order valence-corrected chi connectivity index (χ1v) is 6.44. The summed E-state index contributed by atoms with van der Waals surface area (Å²) >= 11 is 7.16. The van der Waals surface area contributed by atoms with Gasteiger partial charge in [0.25, 0.3) is 0 Å². The Labute approximate surface area is 108 Å². The second kappa shape index (κ2) is 5.17. The van der Waals surface area contributed by atoms with Crippen molar-refractivity contribution in [1.29, 1.82) is 0 Å². The van der Waals surface area contributed by atoms with Gasteiger partial charge in [-0.15, -0.1) is 11.3 Å². The van der Waals surface area contributed by atoms with Crippen molar-refractivity contribution in [2.75, 3.05) is 0 Å². The fraction of sp³-hybridized carbons (Fsp3) is 0.231. The van der Waals surface area contributed by atoms with Gasteiger partial charge in [0.2, 0.25) is 0 Å². The highest BCUT2D eigenvalue weighted by molar-refractivity contribution is 7.16. The van der Waals surface area contributed by atoms with Gasteiger partial charge in [0.1, 0.15) is 5.82 Å². The average Bonchev–Trinajstić information content (AvgIpc) is 2.70. The van der Waals surface area contributed by atoms with Crippen LogP contribution in [-0.4, -0.2) is 5.11 Å². The molecule has 1 aromatic heterocycles. The molecule has 0 aliphatic carbocycles. The highest BCUT2D eigenvalue weighted by Gasteiger charge is 2.12. The van der Waals surface area contributed by atoms with E-state index in [1.165, 1.54) is 23.5 Å². The molecule has 90 valence electrons. The maximum absolute atomic E-state index is 13.1. The quantitative estimate of drug-likeness (QED) is 0.889. The lowest BCUT2D eigenvalue weighted by Gasteiger charge is -2.11. The molecular weight excluding hydrogens is 259 g/mol. The first-order chi connectivity index (χ1) is 8.06. The predicted molar refractivity (Wildman–Crippen MR) is 69.1 cm³/mol. The summed E-state index contributed by atoms with van der Waals surface area (Å²) in [5.41, 5.74) is 1.80. The smallest absolute Gasteiger partial charge is 0.123 e. The van der Waals surface area contributed by atoms with Crippen molar-refractivity contribution in [2.45, 2.75) is 19.4 Å². The molecule has 2 rings (SSSR count). The van der Waals surface area contributed by atoms with Crippen molar-refractivity contribution in [2.24, 2.45) is 0 Å². The zero-order valence-corrected chi connectivity index (χ0v) is 10.9. The predicted octanol–water partition coefficient (Wildman–Crippen LogP) is 4.13. The summed E-state index contributed by atoms with van der Waals surface area (Å²) < 4.78 is 13.8. The molecule has 1 atom stereocenters. The van der Waals surface area contributed by atoms with Crippen LogP contribution in [0.25, 0.3) is 0 Å². The van der Waals surface area contributed by atoms with Gasteiger partial charge in [-0.05, 0) is 42.3 Å². The molecule has 2 aromatic rings. The van der Waals surface area contributed by atoms with Gasteiger partial charge >= 0.3 is 0 Å². The highest BCUT2D eigenvalue weighted by atomic mass is 35.5. The van der Waals surface area contributed by atoms with E-state index in [4.69, 9.17) is 11.6 Å². The molecule has 0 spiro atoms. The average molecular weight is 271 g/mol. The Bertz CT molecular complexity index is 524. The van der Waals surface area contributed by atoms with E-state index >= 15 is 0 Å². The molecule has 0 fully saturated rings. The van der Waals surface area contributed by atoms with Crippen LogP contribution in [-0.2, 0) is 6.42 Å². The van der Waals surface area contributed by atoms with Crippen molar-refractivity contribution >= 4 is 22.9 Å². The highest BCUT2D eigenvalue weighted by Crippen LogP contribution is 2.29. The third kappa shape index (κ3) is 3.06. The number of halogens is 2. The Morgan fingerprint density at radius 2 is 2.12 bits per heavy atom. The molecule has 1 nitrogen and oxygen atoms in total. The summed E-state index contributed by atoms with van der Waals surface area (Å²) in [5, 5.41) is 10.0. The lowest BCUT2D eigenvalue weighted by molar-refractivity contribution is 0.182. The van der Waals surface area contributed by atoms with Gasteiger partial charge in [0.15, 0.2) is 0 Å². The Morgan fingerprint density at radius 3 is 2.76 bits per heavy atom. The van der Waals surface area contributed by atoms with Gasteiger partial charge in [-0.2, -0.15) is 0 Å². The van der Waals surface area contributed by atoms with Crippen LogP contribution >= 0.6 is 22.9 Å². The summed E-state index contributed by atoms with van der Waals surface area (Å²) in [4.78, 5) is 0.804. The maximum atomic E-state index is 13.1. The van der Waals surface area contributed by atoms with Gasteiger partial charge in [-0.3, -0.25) is 0 Å². The summed E-state index contributed by atoms with van der Waals surface area (Å²) in [5.74, 6) is -0.276. The van der Waals surface area contributed by atoms with Gasteiger partial charge in [-0.25, -0.2) is 4.39 Å². The van der Waals surface area contributed by atoms with Crippen LogP contribution in [0.4, 0.5) is 4.39 Å². The number of rotatable bonds is 3. The molecule has 1 aromatic carbocycles. The number of thiophene rings is 1. The molecule has 0 bridgehead atoms. The lowest BCUT2D eigenvalue weighted by Crippen LogP contribution is -2.01. The normalized spacial score (nSPS) is 12.7. The van der Waals surface area contributed by atoms with Crippen LogP contribution in [0.5, 0.6) is 0 Å². The van der Waals surface area contributed by atoms with Gasteiger partial charge in [-0.1, -0.05) is 17.7 Å². The zero-order valence-electron chi connectivity index (χ0n) is 9.28. The molecule has 1 N–H and O–H groups in total. The van der Waals surface area contributed by atoms with Crippen molar-refractivity contribution in [1.82, 2.24) is 0 Å². The minimum Gasteiger partial charge on any atom is -0.387 e. The standard InChI is InChI=1S/C13H12ClFOS/c1-8-2-3-10(15)6-9(8)7-11(16)12-4-5-13(14)17-12/h2-6,11,16H,7H2,1H3. The molecule has 0 aliphatic rings. The second-order valence-electron chi connectivity index (χ2n) is 3.93. The topological polar surface area (TPSA) is 20.2 Å². The molecule has 17 heavy (non-hydrogen) atoms. The maximum Gasteiger partial charge on any atom is 0.123 e. The Balaban J connectivity index is 2.18. The fourth-order valence-corrected chi connectivity index (χ4v) is 2.72.